The van der Waals surface area contributed by atoms with Crippen molar-refractivity contribution in [2.45, 2.75) is 96.7 Å². The Morgan fingerprint density at radius 1 is 0.935 bits per heavy atom. The summed E-state index contributed by atoms with van der Waals surface area (Å²) in [6.45, 7) is 7.53. The normalized spacial score (nSPS) is 19.3. The van der Waals surface area contributed by atoms with E-state index in [9.17, 15) is 4.79 Å². The fourth-order valence-corrected chi connectivity index (χ4v) is 4.00. The Bertz CT molecular complexity index is 691. The van der Waals surface area contributed by atoms with Gasteiger partial charge in [0.1, 0.15) is 6.10 Å². The maximum Gasteiger partial charge on any atom is 0.197 e. The molecule has 0 heterocycles. The zero-order valence-corrected chi connectivity index (χ0v) is 19.9. The molecule has 0 amide bonds. The van der Waals surface area contributed by atoms with Crippen LogP contribution in [0.25, 0.3) is 5.57 Å². The summed E-state index contributed by atoms with van der Waals surface area (Å²) in [4.78, 5) is 13.4. The Balaban J connectivity index is 2.00. The Hall–Kier alpha value is -1.71. The first-order chi connectivity index (χ1) is 15.1. The average Bonchev–Trinajstić information content (AvgIpc) is 2.81. The Morgan fingerprint density at radius 2 is 1.58 bits per heavy atom. The van der Waals surface area contributed by atoms with E-state index in [1.165, 1.54) is 37.7 Å². The van der Waals surface area contributed by atoms with E-state index in [1.54, 1.807) is 0 Å². The number of unbranched alkanes of at least 4 members (excludes halogenated alkanes) is 7. The molecule has 2 unspecified atom stereocenters. The number of ether oxygens (including phenoxy) is 2. The largest absolute Gasteiger partial charge is 0.371 e. The number of Topliss-reactive ketones (excluding diaryl/α,β-unsaturated/α-hetero) is 1. The van der Waals surface area contributed by atoms with E-state index in [0.29, 0.717) is 19.6 Å². The minimum Gasteiger partial charge on any atom is -0.371 e. The topological polar surface area (TPSA) is 35.5 Å². The van der Waals surface area contributed by atoms with E-state index in [0.717, 1.165) is 31.3 Å². The first-order valence-corrected chi connectivity index (χ1v) is 12.4. The predicted octanol–water partition coefficient (Wildman–Crippen LogP) is 7.31. The van der Waals surface area contributed by atoms with E-state index in [1.807, 2.05) is 37.3 Å². The van der Waals surface area contributed by atoms with E-state index in [2.05, 4.69) is 32.1 Å². The van der Waals surface area contributed by atoms with Crippen molar-refractivity contribution in [3.63, 3.8) is 0 Å². The highest BCUT2D eigenvalue weighted by molar-refractivity contribution is 5.95. The predicted molar refractivity (Wildman–Crippen MR) is 130 cm³/mol. The number of hydrogen-bond acceptors (Lipinski definition) is 3. The van der Waals surface area contributed by atoms with Crippen LogP contribution in [0.2, 0.25) is 0 Å². The third kappa shape index (κ3) is 8.38. The van der Waals surface area contributed by atoms with Crippen LogP contribution in [0, 0.1) is 0 Å². The molecule has 1 aliphatic carbocycles. The molecule has 3 heteroatoms. The van der Waals surface area contributed by atoms with E-state index in [-0.39, 0.29) is 5.78 Å². The second kappa shape index (κ2) is 14.4. The molecule has 172 valence electrons. The second-order valence-corrected chi connectivity index (χ2v) is 8.65. The van der Waals surface area contributed by atoms with Gasteiger partial charge in [-0.1, -0.05) is 101 Å². The van der Waals surface area contributed by atoms with E-state index >= 15 is 0 Å². The van der Waals surface area contributed by atoms with Crippen molar-refractivity contribution in [1.82, 2.24) is 0 Å². The molecule has 2 atom stereocenters. The zero-order chi connectivity index (χ0) is 22.4. The van der Waals surface area contributed by atoms with Crippen LogP contribution in [0.15, 0.2) is 48.6 Å². The fourth-order valence-electron chi connectivity index (χ4n) is 4.00. The maximum absolute atomic E-state index is 13.4. The van der Waals surface area contributed by atoms with Crippen molar-refractivity contribution in [1.29, 1.82) is 0 Å². The molecule has 0 aliphatic heterocycles. The van der Waals surface area contributed by atoms with Crippen LogP contribution in [-0.4, -0.2) is 30.7 Å². The molecule has 0 N–H and O–H groups in total. The van der Waals surface area contributed by atoms with Gasteiger partial charge in [0.15, 0.2) is 11.4 Å². The first kappa shape index (κ1) is 25.5. The van der Waals surface area contributed by atoms with Crippen molar-refractivity contribution in [3.8, 4) is 0 Å². The number of ketones is 1. The van der Waals surface area contributed by atoms with Gasteiger partial charge in [0.25, 0.3) is 0 Å². The molecule has 1 aromatic carbocycles. The quantitative estimate of drug-likeness (QED) is 0.260. The standard InChI is InChI=1S/C28H42O3/c1-4-6-8-10-15-23-31-28(27(29)24(3)30-22-14-9-7-5-2)20-18-26(19-21-28)25-16-12-11-13-17-25/h11-13,16-20,24H,4-10,14-15,21-23H2,1-3H3. The van der Waals surface area contributed by atoms with E-state index in [4.69, 9.17) is 9.47 Å². The van der Waals surface area contributed by atoms with Crippen LogP contribution in [-0.2, 0) is 14.3 Å². The number of hydrogen-bond donors (Lipinski definition) is 0. The highest BCUT2D eigenvalue weighted by atomic mass is 16.5. The first-order valence-electron chi connectivity index (χ1n) is 12.4. The number of carbonyl (C=O) groups is 1. The van der Waals surface area contributed by atoms with Crippen molar-refractivity contribution in [3.05, 3.63) is 54.1 Å². The van der Waals surface area contributed by atoms with Gasteiger partial charge in [-0.2, -0.15) is 0 Å². The van der Waals surface area contributed by atoms with Gasteiger partial charge in [-0.25, -0.2) is 0 Å². The summed E-state index contributed by atoms with van der Waals surface area (Å²) < 4.78 is 12.2. The summed E-state index contributed by atoms with van der Waals surface area (Å²) >= 11 is 0. The molecule has 1 aromatic rings. The second-order valence-electron chi connectivity index (χ2n) is 8.65. The summed E-state index contributed by atoms with van der Waals surface area (Å²) in [7, 11) is 0. The summed E-state index contributed by atoms with van der Waals surface area (Å²) in [5.74, 6) is 0.0381. The zero-order valence-electron chi connectivity index (χ0n) is 19.9. The lowest BCUT2D eigenvalue weighted by Gasteiger charge is -2.33. The minimum absolute atomic E-state index is 0.0381. The molecule has 0 spiro atoms. The summed E-state index contributed by atoms with van der Waals surface area (Å²) in [6.07, 6.45) is 16.7. The van der Waals surface area contributed by atoms with Crippen molar-refractivity contribution in [2.24, 2.45) is 0 Å². The van der Waals surface area contributed by atoms with Crippen molar-refractivity contribution in [2.75, 3.05) is 13.2 Å². The number of benzene rings is 1. The Morgan fingerprint density at radius 3 is 2.23 bits per heavy atom. The maximum atomic E-state index is 13.4. The van der Waals surface area contributed by atoms with Gasteiger partial charge in [-0.3, -0.25) is 4.79 Å². The summed E-state index contributed by atoms with van der Waals surface area (Å²) in [5, 5.41) is 0. The van der Waals surface area contributed by atoms with Crippen molar-refractivity contribution >= 4 is 11.4 Å². The van der Waals surface area contributed by atoms with Gasteiger partial charge in [0, 0.05) is 19.6 Å². The Kier molecular flexibility index (Phi) is 11.8. The van der Waals surface area contributed by atoms with Gasteiger partial charge in [0.2, 0.25) is 0 Å². The van der Waals surface area contributed by atoms with Gasteiger partial charge in [-0.05, 0) is 37.0 Å². The lowest BCUT2D eigenvalue weighted by atomic mass is 9.84. The van der Waals surface area contributed by atoms with Gasteiger partial charge in [-0.15, -0.1) is 0 Å². The van der Waals surface area contributed by atoms with E-state index < -0.39 is 11.7 Å². The van der Waals surface area contributed by atoms with Crippen LogP contribution in [0.5, 0.6) is 0 Å². The van der Waals surface area contributed by atoms with Crippen LogP contribution in [0.4, 0.5) is 0 Å². The SMILES string of the molecule is CCCCCCCOC1(C(=O)C(C)OCCCCCC)C=CC(c2ccccc2)=CC1. The lowest BCUT2D eigenvalue weighted by Crippen LogP contribution is -2.46. The summed E-state index contributed by atoms with van der Waals surface area (Å²) in [5.41, 5.74) is 1.40. The molecule has 31 heavy (non-hydrogen) atoms. The van der Waals surface area contributed by atoms with Gasteiger partial charge < -0.3 is 9.47 Å². The third-order valence-electron chi connectivity index (χ3n) is 6.02. The molecule has 2 rings (SSSR count). The van der Waals surface area contributed by atoms with Gasteiger partial charge >= 0.3 is 0 Å². The monoisotopic (exact) mass is 426 g/mol. The smallest absolute Gasteiger partial charge is 0.197 e. The number of carbonyl (C=O) groups excluding carboxylic acids is 1. The molecule has 0 bridgehead atoms. The highest BCUT2D eigenvalue weighted by Gasteiger charge is 2.40. The molecule has 1 aliphatic rings. The molecular formula is C28H42O3. The molecule has 0 fully saturated rings. The van der Waals surface area contributed by atoms with Gasteiger partial charge in [0.05, 0.1) is 0 Å². The number of rotatable bonds is 16. The molecule has 3 nitrogen and oxygen atoms in total. The molecule has 0 saturated carbocycles. The molecular weight excluding hydrogens is 384 g/mol. The lowest BCUT2D eigenvalue weighted by molar-refractivity contribution is -0.149. The van der Waals surface area contributed by atoms with Crippen molar-refractivity contribution < 1.29 is 14.3 Å². The summed E-state index contributed by atoms with van der Waals surface area (Å²) in [6, 6.07) is 10.3. The molecule has 0 saturated heterocycles. The van der Waals surface area contributed by atoms with Crippen LogP contribution >= 0.6 is 0 Å². The Labute approximate surface area is 189 Å². The van der Waals surface area contributed by atoms with Crippen LogP contribution in [0.3, 0.4) is 0 Å². The highest BCUT2D eigenvalue weighted by Crippen LogP contribution is 2.32. The van der Waals surface area contributed by atoms with Crippen LogP contribution < -0.4 is 0 Å². The molecule has 0 radical (unpaired) electrons. The molecule has 0 aromatic heterocycles. The minimum atomic E-state index is -0.911. The van der Waals surface area contributed by atoms with Crippen LogP contribution in [0.1, 0.15) is 90.5 Å². The average molecular weight is 427 g/mol. The fraction of sp³-hybridized carbons (Fsp3) is 0.607. The number of allylic oxidation sites excluding steroid dienone is 2. The third-order valence-corrected chi connectivity index (χ3v) is 6.02.